The zero-order valence-electron chi connectivity index (χ0n) is 10.4. The van der Waals surface area contributed by atoms with Crippen LogP contribution in [0.3, 0.4) is 0 Å². The Morgan fingerprint density at radius 2 is 1.95 bits per heavy atom. The number of rotatable bonds is 5. The van der Waals surface area contributed by atoms with Gasteiger partial charge in [0.05, 0.1) is 10.6 Å². The van der Waals surface area contributed by atoms with Crippen molar-refractivity contribution < 1.29 is 8.42 Å². The second-order valence-electron chi connectivity index (χ2n) is 4.08. The van der Waals surface area contributed by atoms with Gasteiger partial charge in [-0.25, -0.2) is 13.1 Å². The van der Waals surface area contributed by atoms with E-state index >= 15 is 0 Å². The fourth-order valence-electron chi connectivity index (χ4n) is 1.61. The summed E-state index contributed by atoms with van der Waals surface area (Å²) in [6.07, 6.45) is 2.40. The predicted molar refractivity (Wildman–Crippen MR) is 76.2 cm³/mol. The van der Waals surface area contributed by atoms with Crippen LogP contribution in [0.1, 0.15) is 5.69 Å². The molecule has 102 valence electrons. The van der Waals surface area contributed by atoms with E-state index in [9.17, 15) is 8.42 Å². The standard InChI is InChI=1S/C12H14BrN3O2S/c1-16-9-7-11(15-16)6-8-14-19(17,18)12-4-2-10(13)3-5-12/h2-5,7,9,14H,6,8H2,1H3. The minimum Gasteiger partial charge on any atom is -0.276 e. The maximum atomic E-state index is 12.0. The average Bonchev–Trinajstić information content (AvgIpc) is 2.75. The molecule has 0 atom stereocenters. The molecule has 0 aliphatic heterocycles. The number of benzene rings is 1. The van der Waals surface area contributed by atoms with Gasteiger partial charge in [0.15, 0.2) is 0 Å². The van der Waals surface area contributed by atoms with Crippen molar-refractivity contribution in [2.75, 3.05) is 6.54 Å². The summed E-state index contributed by atoms with van der Waals surface area (Å²) in [7, 11) is -1.62. The van der Waals surface area contributed by atoms with Gasteiger partial charge in [-0.2, -0.15) is 5.10 Å². The fourth-order valence-corrected chi connectivity index (χ4v) is 2.90. The third-order valence-corrected chi connectivity index (χ3v) is 4.57. The van der Waals surface area contributed by atoms with Gasteiger partial charge in [-0.1, -0.05) is 15.9 Å². The number of hydrogen-bond acceptors (Lipinski definition) is 3. The lowest BCUT2D eigenvalue weighted by molar-refractivity contribution is 0.581. The molecule has 1 aromatic carbocycles. The van der Waals surface area contributed by atoms with Crippen molar-refractivity contribution in [2.24, 2.45) is 7.05 Å². The SMILES string of the molecule is Cn1ccc(CCNS(=O)(=O)c2ccc(Br)cc2)n1. The molecule has 2 rings (SSSR count). The van der Waals surface area contributed by atoms with Gasteiger partial charge in [0.2, 0.25) is 10.0 Å². The molecule has 5 nitrogen and oxygen atoms in total. The zero-order chi connectivity index (χ0) is 13.9. The summed E-state index contributed by atoms with van der Waals surface area (Å²) in [5.74, 6) is 0. The number of aryl methyl sites for hydroxylation is 1. The Morgan fingerprint density at radius 1 is 1.26 bits per heavy atom. The monoisotopic (exact) mass is 343 g/mol. The van der Waals surface area contributed by atoms with Gasteiger partial charge in [0.25, 0.3) is 0 Å². The Balaban J connectivity index is 1.96. The van der Waals surface area contributed by atoms with Gasteiger partial charge in [-0.15, -0.1) is 0 Å². The van der Waals surface area contributed by atoms with Crippen LogP contribution in [0.5, 0.6) is 0 Å². The first-order valence-electron chi connectivity index (χ1n) is 5.71. The van der Waals surface area contributed by atoms with Crippen molar-refractivity contribution in [2.45, 2.75) is 11.3 Å². The third kappa shape index (κ3) is 3.89. The van der Waals surface area contributed by atoms with Crippen LogP contribution in [-0.2, 0) is 23.5 Å². The Bertz CT molecular complexity index is 650. The van der Waals surface area contributed by atoms with Gasteiger partial charge in [-0.05, 0) is 30.3 Å². The summed E-state index contributed by atoms with van der Waals surface area (Å²) in [5, 5.41) is 4.19. The van der Waals surface area contributed by atoms with Crippen molar-refractivity contribution in [3.8, 4) is 0 Å². The lowest BCUT2D eigenvalue weighted by atomic mass is 10.3. The second kappa shape index (κ2) is 5.85. The molecule has 0 saturated heterocycles. The van der Waals surface area contributed by atoms with E-state index in [0.29, 0.717) is 13.0 Å². The molecule has 0 saturated carbocycles. The lowest BCUT2D eigenvalue weighted by Crippen LogP contribution is -2.26. The van der Waals surface area contributed by atoms with E-state index in [-0.39, 0.29) is 4.90 Å². The van der Waals surface area contributed by atoms with Crippen LogP contribution in [0.25, 0.3) is 0 Å². The molecule has 1 N–H and O–H groups in total. The van der Waals surface area contributed by atoms with Crippen molar-refractivity contribution >= 4 is 26.0 Å². The van der Waals surface area contributed by atoms with Crippen LogP contribution in [0.15, 0.2) is 45.9 Å². The number of halogens is 1. The topological polar surface area (TPSA) is 64.0 Å². The highest BCUT2D eigenvalue weighted by molar-refractivity contribution is 9.10. The number of nitrogens with zero attached hydrogens (tertiary/aromatic N) is 2. The predicted octanol–water partition coefficient (Wildman–Crippen LogP) is 1.70. The molecule has 0 unspecified atom stereocenters. The van der Waals surface area contributed by atoms with E-state index < -0.39 is 10.0 Å². The number of aromatic nitrogens is 2. The van der Waals surface area contributed by atoms with E-state index in [2.05, 4.69) is 25.8 Å². The molecule has 2 aromatic rings. The van der Waals surface area contributed by atoms with Crippen LogP contribution >= 0.6 is 15.9 Å². The Morgan fingerprint density at radius 3 is 2.53 bits per heavy atom. The highest BCUT2D eigenvalue weighted by Gasteiger charge is 2.13. The van der Waals surface area contributed by atoms with E-state index in [0.717, 1.165) is 10.2 Å². The molecule has 0 spiro atoms. The van der Waals surface area contributed by atoms with Crippen molar-refractivity contribution in [3.63, 3.8) is 0 Å². The Labute approximate surface area is 120 Å². The van der Waals surface area contributed by atoms with Gasteiger partial charge in [-0.3, -0.25) is 4.68 Å². The first-order valence-corrected chi connectivity index (χ1v) is 7.99. The molecule has 19 heavy (non-hydrogen) atoms. The molecule has 0 fully saturated rings. The summed E-state index contributed by atoms with van der Waals surface area (Å²) < 4.78 is 29.1. The summed E-state index contributed by atoms with van der Waals surface area (Å²) >= 11 is 3.27. The molecule has 0 radical (unpaired) electrons. The molecule has 1 aromatic heterocycles. The van der Waals surface area contributed by atoms with Gasteiger partial charge in [0, 0.05) is 30.7 Å². The van der Waals surface area contributed by atoms with E-state index in [4.69, 9.17) is 0 Å². The number of nitrogens with one attached hydrogen (secondary N) is 1. The normalized spacial score (nSPS) is 11.7. The maximum Gasteiger partial charge on any atom is 0.240 e. The largest absolute Gasteiger partial charge is 0.276 e. The second-order valence-corrected chi connectivity index (χ2v) is 6.77. The molecule has 0 amide bonds. The highest BCUT2D eigenvalue weighted by atomic mass is 79.9. The molecule has 0 bridgehead atoms. The van der Waals surface area contributed by atoms with E-state index in [1.807, 2.05) is 19.3 Å². The molecule has 1 heterocycles. The smallest absolute Gasteiger partial charge is 0.240 e. The van der Waals surface area contributed by atoms with Gasteiger partial charge in [0.1, 0.15) is 0 Å². The number of hydrogen-bond donors (Lipinski definition) is 1. The average molecular weight is 344 g/mol. The van der Waals surface area contributed by atoms with Crippen LogP contribution in [-0.4, -0.2) is 24.7 Å². The van der Waals surface area contributed by atoms with Crippen LogP contribution in [0.2, 0.25) is 0 Å². The van der Waals surface area contributed by atoms with Crippen molar-refractivity contribution in [1.29, 1.82) is 0 Å². The van der Waals surface area contributed by atoms with Crippen molar-refractivity contribution in [1.82, 2.24) is 14.5 Å². The highest BCUT2D eigenvalue weighted by Crippen LogP contribution is 2.14. The maximum absolute atomic E-state index is 12.0. The van der Waals surface area contributed by atoms with Crippen LogP contribution < -0.4 is 4.72 Å². The molecule has 0 aliphatic carbocycles. The zero-order valence-corrected chi connectivity index (χ0v) is 12.8. The minimum atomic E-state index is -3.45. The summed E-state index contributed by atoms with van der Waals surface area (Å²) in [5.41, 5.74) is 0.862. The Hall–Kier alpha value is -1.18. The van der Waals surface area contributed by atoms with Gasteiger partial charge < -0.3 is 0 Å². The van der Waals surface area contributed by atoms with Crippen LogP contribution in [0.4, 0.5) is 0 Å². The quantitative estimate of drug-likeness (QED) is 0.898. The number of sulfonamides is 1. The van der Waals surface area contributed by atoms with Gasteiger partial charge >= 0.3 is 0 Å². The molecule has 7 heteroatoms. The molecular weight excluding hydrogens is 330 g/mol. The molecule has 0 aliphatic rings. The van der Waals surface area contributed by atoms with E-state index in [1.54, 1.807) is 28.9 Å². The third-order valence-electron chi connectivity index (χ3n) is 2.57. The summed E-state index contributed by atoms with van der Waals surface area (Å²) in [6.45, 7) is 0.329. The molecular formula is C12H14BrN3O2S. The summed E-state index contributed by atoms with van der Waals surface area (Å²) in [6, 6.07) is 8.40. The lowest BCUT2D eigenvalue weighted by Gasteiger charge is -2.05. The van der Waals surface area contributed by atoms with Crippen LogP contribution in [0, 0.1) is 0 Å². The fraction of sp³-hybridized carbons (Fsp3) is 0.250. The Kier molecular flexibility index (Phi) is 4.38. The minimum absolute atomic E-state index is 0.261. The van der Waals surface area contributed by atoms with E-state index in [1.165, 1.54) is 0 Å². The summed E-state index contributed by atoms with van der Waals surface area (Å²) in [4.78, 5) is 0.261. The first kappa shape index (κ1) is 14.2. The van der Waals surface area contributed by atoms with Crippen molar-refractivity contribution in [3.05, 3.63) is 46.7 Å². The first-order chi connectivity index (χ1) is 8.97.